The third-order valence-corrected chi connectivity index (χ3v) is 1.86. The van der Waals surface area contributed by atoms with Gasteiger partial charge in [0.1, 0.15) is 5.92 Å². The Balaban J connectivity index is 0.00000106. The highest BCUT2D eigenvalue weighted by Gasteiger charge is 2.17. The standard InChI is InChI=1S/C10H12N2O2.C2H6/c1-7(9(11)13)10(14)12-8-5-3-2-4-6-8;1-2/h2-7H,1H3,(H2,11,13)(H,12,14);1-2H3. The smallest absolute Gasteiger partial charge is 0.236 e. The van der Waals surface area contributed by atoms with E-state index in [0.717, 1.165) is 0 Å². The minimum atomic E-state index is -0.810. The largest absolute Gasteiger partial charge is 0.369 e. The molecule has 16 heavy (non-hydrogen) atoms. The van der Waals surface area contributed by atoms with E-state index in [1.807, 2.05) is 19.9 Å². The molecule has 0 aliphatic heterocycles. The number of nitrogens with two attached hydrogens (primary N) is 1. The Bertz CT molecular complexity index is 336. The summed E-state index contributed by atoms with van der Waals surface area (Å²) in [5, 5.41) is 2.58. The minimum Gasteiger partial charge on any atom is -0.369 e. The maximum Gasteiger partial charge on any atom is 0.236 e. The first-order chi connectivity index (χ1) is 7.61. The van der Waals surface area contributed by atoms with Crippen LogP contribution in [0.15, 0.2) is 30.3 Å². The fourth-order valence-electron chi connectivity index (χ4n) is 0.901. The summed E-state index contributed by atoms with van der Waals surface area (Å²) < 4.78 is 0. The van der Waals surface area contributed by atoms with Crippen molar-refractivity contribution in [1.82, 2.24) is 0 Å². The predicted molar refractivity (Wildman–Crippen MR) is 64.8 cm³/mol. The molecule has 1 aromatic rings. The normalized spacial score (nSPS) is 10.7. The lowest BCUT2D eigenvalue weighted by Crippen LogP contribution is -2.32. The van der Waals surface area contributed by atoms with Crippen molar-refractivity contribution in [3.8, 4) is 0 Å². The van der Waals surface area contributed by atoms with E-state index in [2.05, 4.69) is 5.32 Å². The number of carbonyl (C=O) groups is 2. The van der Waals surface area contributed by atoms with E-state index in [0.29, 0.717) is 5.69 Å². The molecule has 0 aliphatic rings. The SMILES string of the molecule is CC.CC(C(N)=O)C(=O)Nc1ccccc1. The van der Waals surface area contributed by atoms with Crippen LogP contribution in [-0.2, 0) is 9.59 Å². The van der Waals surface area contributed by atoms with Gasteiger partial charge in [-0.05, 0) is 19.1 Å². The summed E-state index contributed by atoms with van der Waals surface area (Å²) in [6.07, 6.45) is 0. The fraction of sp³-hybridized carbons (Fsp3) is 0.333. The van der Waals surface area contributed by atoms with Crippen LogP contribution in [-0.4, -0.2) is 11.8 Å². The molecule has 3 N–H and O–H groups in total. The summed E-state index contributed by atoms with van der Waals surface area (Å²) >= 11 is 0. The molecular formula is C12H18N2O2. The van der Waals surface area contributed by atoms with E-state index in [-0.39, 0.29) is 5.91 Å². The van der Waals surface area contributed by atoms with Gasteiger partial charge in [0, 0.05) is 5.69 Å². The van der Waals surface area contributed by atoms with Crippen LogP contribution in [0.3, 0.4) is 0 Å². The summed E-state index contributed by atoms with van der Waals surface area (Å²) in [7, 11) is 0. The Morgan fingerprint density at radius 3 is 2.12 bits per heavy atom. The highest BCUT2D eigenvalue weighted by atomic mass is 16.2. The molecule has 0 bridgehead atoms. The zero-order chi connectivity index (χ0) is 12.6. The van der Waals surface area contributed by atoms with E-state index < -0.39 is 11.8 Å². The van der Waals surface area contributed by atoms with Crippen molar-refractivity contribution in [1.29, 1.82) is 0 Å². The van der Waals surface area contributed by atoms with Crippen molar-refractivity contribution in [3.05, 3.63) is 30.3 Å². The van der Waals surface area contributed by atoms with Gasteiger partial charge in [0.25, 0.3) is 0 Å². The van der Waals surface area contributed by atoms with Crippen molar-refractivity contribution < 1.29 is 9.59 Å². The first kappa shape index (κ1) is 14.2. The quantitative estimate of drug-likeness (QED) is 0.765. The van der Waals surface area contributed by atoms with E-state index in [9.17, 15) is 9.59 Å². The highest BCUT2D eigenvalue weighted by molar-refractivity contribution is 6.05. The van der Waals surface area contributed by atoms with Crippen LogP contribution < -0.4 is 11.1 Å². The second-order valence-electron chi connectivity index (χ2n) is 2.98. The van der Waals surface area contributed by atoms with E-state index in [4.69, 9.17) is 5.73 Å². The molecule has 2 amide bonds. The highest BCUT2D eigenvalue weighted by Crippen LogP contribution is 2.07. The molecule has 0 saturated heterocycles. The van der Waals surface area contributed by atoms with Gasteiger partial charge in [-0.25, -0.2) is 0 Å². The van der Waals surface area contributed by atoms with Crippen LogP contribution in [0.1, 0.15) is 20.8 Å². The van der Waals surface area contributed by atoms with E-state index >= 15 is 0 Å². The van der Waals surface area contributed by atoms with Crippen LogP contribution >= 0.6 is 0 Å². The molecule has 1 atom stereocenters. The number of carbonyl (C=O) groups excluding carboxylic acids is 2. The maximum absolute atomic E-state index is 11.3. The third-order valence-electron chi connectivity index (χ3n) is 1.86. The number of nitrogens with one attached hydrogen (secondary N) is 1. The van der Waals surface area contributed by atoms with Gasteiger partial charge in [-0.15, -0.1) is 0 Å². The van der Waals surface area contributed by atoms with Gasteiger partial charge in [0.05, 0.1) is 0 Å². The maximum atomic E-state index is 11.3. The van der Waals surface area contributed by atoms with Crippen molar-refractivity contribution in [2.75, 3.05) is 5.32 Å². The van der Waals surface area contributed by atoms with Crippen LogP contribution in [0, 0.1) is 5.92 Å². The zero-order valence-corrected chi connectivity index (χ0v) is 9.86. The summed E-state index contributed by atoms with van der Waals surface area (Å²) in [6.45, 7) is 5.47. The van der Waals surface area contributed by atoms with Gasteiger partial charge in [0.15, 0.2) is 0 Å². The number of primary amides is 1. The van der Waals surface area contributed by atoms with Gasteiger partial charge < -0.3 is 11.1 Å². The molecule has 0 aliphatic carbocycles. The molecule has 0 radical (unpaired) electrons. The predicted octanol–water partition coefficient (Wildman–Crippen LogP) is 1.77. The zero-order valence-electron chi connectivity index (χ0n) is 9.86. The van der Waals surface area contributed by atoms with Gasteiger partial charge in [-0.3, -0.25) is 9.59 Å². The number of rotatable bonds is 3. The molecule has 88 valence electrons. The van der Waals surface area contributed by atoms with Crippen LogP contribution in [0.25, 0.3) is 0 Å². The summed E-state index contributed by atoms with van der Waals surface area (Å²) in [4.78, 5) is 22.0. The monoisotopic (exact) mass is 222 g/mol. The third kappa shape index (κ3) is 4.59. The lowest BCUT2D eigenvalue weighted by molar-refractivity contribution is -0.129. The number of para-hydroxylation sites is 1. The topological polar surface area (TPSA) is 72.2 Å². The van der Waals surface area contributed by atoms with E-state index in [1.165, 1.54) is 6.92 Å². The molecule has 1 aromatic carbocycles. The number of anilines is 1. The molecule has 0 heterocycles. The lowest BCUT2D eigenvalue weighted by atomic mass is 10.1. The Morgan fingerprint density at radius 2 is 1.69 bits per heavy atom. The number of hydrogen-bond acceptors (Lipinski definition) is 2. The Kier molecular flexibility index (Phi) is 6.59. The molecule has 0 spiro atoms. The van der Waals surface area contributed by atoms with Gasteiger partial charge in [-0.1, -0.05) is 32.0 Å². The molecule has 1 unspecified atom stereocenters. The van der Waals surface area contributed by atoms with Gasteiger partial charge in [-0.2, -0.15) is 0 Å². The summed E-state index contributed by atoms with van der Waals surface area (Å²) in [6, 6.07) is 8.92. The number of benzene rings is 1. The number of hydrogen-bond donors (Lipinski definition) is 2. The average Bonchev–Trinajstić information content (AvgIpc) is 2.31. The second kappa shape index (κ2) is 7.45. The molecule has 0 fully saturated rings. The molecule has 4 nitrogen and oxygen atoms in total. The first-order valence-electron chi connectivity index (χ1n) is 5.26. The molecule has 0 aromatic heterocycles. The van der Waals surface area contributed by atoms with Crippen LogP contribution in [0.5, 0.6) is 0 Å². The van der Waals surface area contributed by atoms with Crippen molar-refractivity contribution in [3.63, 3.8) is 0 Å². The van der Waals surface area contributed by atoms with Gasteiger partial charge in [0.2, 0.25) is 11.8 Å². The molecule has 4 heteroatoms. The molecule has 1 rings (SSSR count). The molecule has 0 saturated carbocycles. The Labute approximate surface area is 95.8 Å². The van der Waals surface area contributed by atoms with Crippen molar-refractivity contribution >= 4 is 17.5 Å². The Hall–Kier alpha value is -1.84. The lowest BCUT2D eigenvalue weighted by Gasteiger charge is -2.08. The first-order valence-corrected chi connectivity index (χ1v) is 5.26. The number of amides is 2. The van der Waals surface area contributed by atoms with E-state index in [1.54, 1.807) is 24.3 Å². The summed E-state index contributed by atoms with van der Waals surface area (Å²) in [5.74, 6) is -1.82. The second-order valence-corrected chi connectivity index (χ2v) is 2.98. The minimum absolute atomic E-state index is 0.385. The Morgan fingerprint density at radius 1 is 1.19 bits per heavy atom. The fourth-order valence-corrected chi connectivity index (χ4v) is 0.901. The van der Waals surface area contributed by atoms with Crippen LogP contribution in [0.4, 0.5) is 5.69 Å². The average molecular weight is 222 g/mol. The summed E-state index contributed by atoms with van der Waals surface area (Å²) in [5.41, 5.74) is 5.65. The van der Waals surface area contributed by atoms with Crippen LogP contribution in [0.2, 0.25) is 0 Å². The molecular weight excluding hydrogens is 204 g/mol. The van der Waals surface area contributed by atoms with Crippen molar-refractivity contribution in [2.24, 2.45) is 11.7 Å². The van der Waals surface area contributed by atoms with Crippen molar-refractivity contribution in [2.45, 2.75) is 20.8 Å². The van der Waals surface area contributed by atoms with Gasteiger partial charge >= 0.3 is 0 Å².